The largest absolute Gasteiger partial charge is 0.349 e. The van der Waals surface area contributed by atoms with E-state index in [0.29, 0.717) is 0 Å². The van der Waals surface area contributed by atoms with Crippen molar-refractivity contribution in [3.8, 4) is 0 Å². The lowest BCUT2D eigenvalue weighted by Crippen LogP contribution is -2.34. The summed E-state index contributed by atoms with van der Waals surface area (Å²) >= 11 is 0. The molecule has 9 nitrogen and oxygen atoms in total. The highest BCUT2D eigenvalue weighted by Crippen LogP contribution is 2.17. The molecule has 1 saturated heterocycles. The molecule has 1 fully saturated rings. The molecule has 0 unspecified atom stereocenters. The van der Waals surface area contributed by atoms with E-state index in [1.165, 1.54) is 0 Å². The average Bonchev–Trinajstić information content (AvgIpc) is 3.16. The third-order valence-corrected chi connectivity index (χ3v) is 5.94. The van der Waals surface area contributed by atoms with E-state index >= 15 is 0 Å². The minimum Gasteiger partial charge on any atom is -0.349 e. The van der Waals surface area contributed by atoms with Gasteiger partial charge in [-0.2, -0.15) is 0 Å². The second-order valence-electron chi connectivity index (χ2n) is 6.53. The number of amides is 1. The van der Waals surface area contributed by atoms with Crippen LogP contribution < -0.4 is 15.4 Å². The maximum atomic E-state index is 12.2. The Labute approximate surface area is 170 Å². The van der Waals surface area contributed by atoms with Crippen LogP contribution in [0.25, 0.3) is 0 Å². The zero-order valence-electron chi connectivity index (χ0n) is 15.6. The minimum atomic E-state index is -3.59. The summed E-state index contributed by atoms with van der Waals surface area (Å²) in [5.41, 5.74) is 1.22. The predicted octanol–water partition coefficient (Wildman–Crippen LogP) is 0.641. The zero-order valence-corrected chi connectivity index (χ0v) is 17.2. The molecule has 1 aliphatic heterocycles. The number of carbonyl (C=O) groups excluding carboxylic acids is 1. The van der Waals surface area contributed by atoms with Crippen LogP contribution in [0, 0.1) is 6.92 Å². The van der Waals surface area contributed by atoms with Gasteiger partial charge in [0.05, 0.1) is 17.1 Å². The quantitative estimate of drug-likeness (QED) is 0.557. The summed E-state index contributed by atoms with van der Waals surface area (Å²) < 4.78 is 28.6. The molecule has 11 heteroatoms. The summed E-state index contributed by atoms with van der Waals surface area (Å²) in [6, 6.07) is 6.83. The minimum absolute atomic E-state index is 0. The number of hydrogen-bond donors (Lipinski definition) is 3. The highest BCUT2D eigenvalue weighted by atomic mass is 35.5. The van der Waals surface area contributed by atoms with Gasteiger partial charge in [-0.1, -0.05) is 22.9 Å². The Hall–Kier alpha value is -2.01. The fourth-order valence-electron chi connectivity index (χ4n) is 2.88. The summed E-state index contributed by atoms with van der Waals surface area (Å²) in [7, 11) is -3.59. The van der Waals surface area contributed by atoms with Gasteiger partial charge >= 0.3 is 0 Å². The van der Waals surface area contributed by atoms with Gasteiger partial charge < -0.3 is 10.6 Å². The molecule has 2 heterocycles. The maximum absolute atomic E-state index is 12.2. The van der Waals surface area contributed by atoms with Crippen LogP contribution >= 0.6 is 12.4 Å². The van der Waals surface area contributed by atoms with Gasteiger partial charge in [0.25, 0.3) is 5.91 Å². The number of nitrogens with one attached hydrogen (secondary N) is 3. The molecule has 0 spiro atoms. The predicted molar refractivity (Wildman–Crippen MR) is 107 cm³/mol. The monoisotopic (exact) mass is 428 g/mol. The summed E-state index contributed by atoms with van der Waals surface area (Å²) in [4.78, 5) is 12.4. The van der Waals surface area contributed by atoms with Crippen molar-refractivity contribution in [1.29, 1.82) is 0 Å². The molecule has 0 aliphatic carbocycles. The van der Waals surface area contributed by atoms with E-state index in [1.807, 2.05) is 6.92 Å². The molecule has 1 aromatic heterocycles. The van der Waals surface area contributed by atoms with E-state index in [-0.39, 0.29) is 48.0 Å². The molecular weight excluding hydrogens is 404 g/mol. The standard InChI is InChI=1S/C17H24N6O3S.ClH/c1-13-2-4-15(5-3-13)27(25,26)20-11-10-19-17(24)16-12-23(22-21-16)14-6-8-18-9-7-14;/h2-5,12,14,18,20H,6-11H2,1H3,(H,19,24);1H. The number of piperidine rings is 1. The van der Waals surface area contributed by atoms with Crippen molar-refractivity contribution in [3.63, 3.8) is 0 Å². The van der Waals surface area contributed by atoms with E-state index in [2.05, 4.69) is 25.7 Å². The van der Waals surface area contributed by atoms with Gasteiger partial charge in [-0.15, -0.1) is 17.5 Å². The van der Waals surface area contributed by atoms with Crippen molar-refractivity contribution >= 4 is 28.3 Å². The molecule has 3 N–H and O–H groups in total. The van der Waals surface area contributed by atoms with E-state index < -0.39 is 10.0 Å². The second-order valence-corrected chi connectivity index (χ2v) is 8.30. The zero-order chi connectivity index (χ0) is 19.3. The first-order valence-corrected chi connectivity index (χ1v) is 10.4. The molecule has 154 valence electrons. The van der Waals surface area contributed by atoms with Gasteiger partial charge in [-0.3, -0.25) is 4.79 Å². The highest BCUT2D eigenvalue weighted by Gasteiger charge is 2.19. The normalized spacial score (nSPS) is 15.0. The Morgan fingerprint density at radius 2 is 1.89 bits per heavy atom. The van der Waals surface area contributed by atoms with Gasteiger partial charge in [0, 0.05) is 13.1 Å². The van der Waals surface area contributed by atoms with E-state index in [1.54, 1.807) is 35.1 Å². The van der Waals surface area contributed by atoms with E-state index in [4.69, 9.17) is 0 Å². The van der Waals surface area contributed by atoms with Crippen molar-refractivity contribution < 1.29 is 13.2 Å². The highest BCUT2D eigenvalue weighted by molar-refractivity contribution is 7.89. The van der Waals surface area contributed by atoms with Gasteiger partial charge in [-0.25, -0.2) is 17.8 Å². The summed E-state index contributed by atoms with van der Waals surface area (Å²) in [5.74, 6) is -0.371. The molecule has 1 aromatic carbocycles. The number of hydrogen-bond acceptors (Lipinski definition) is 6. The van der Waals surface area contributed by atoms with E-state index in [9.17, 15) is 13.2 Å². The molecule has 0 bridgehead atoms. The summed E-state index contributed by atoms with van der Waals surface area (Å²) in [6.45, 7) is 3.98. The number of rotatable bonds is 7. The van der Waals surface area contributed by atoms with Crippen molar-refractivity contribution in [1.82, 2.24) is 30.3 Å². The van der Waals surface area contributed by atoms with Gasteiger partial charge in [0.2, 0.25) is 10.0 Å². The third-order valence-electron chi connectivity index (χ3n) is 4.46. The Morgan fingerprint density at radius 3 is 2.57 bits per heavy atom. The molecule has 3 rings (SSSR count). The second kappa shape index (κ2) is 9.97. The Kier molecular flexibility index (Phi) is 7.93. The molecule has 0 saturated carbocycles. The first-order valence-electron chi connectivity index (χ1n) is 8.93. The van der Waals surface area contributed by atoms with Crippen LogP contribution in [-0.4, -0.2) is 55.5 Å². The maximum Gasteiger partial charge on any atom is 0.273 e. The Morgan fingerprint density at radius 1 is 1.21 bits per heavy atom. The molecule has 0 radical (unpaired) electrons. The number of halogens is 1. The smallest absolute Gasteiger partial charge is 0.273 e. The Bertz CT molecular complexity index is 879. The van der Waals surface area contributed by atoms with Crippen LogP contribution in [0.15, 0.2) is 35.4 Å². The number of aryl methyl sites for hydroxylation is 1. The van der Waals surface area contributed by atoms with Crippen molar-refractivity contribution in [2.75, 3.05) is 26.2 Å². The lowest BCUT2D eigenvalue weighted by Gasteiger charge is -2.22. The molecule has 0 atom stereocenters. The van der Waals surface area contributed by atoms with Crippen molar-refractivity contribution in [2.24, 2.45) is 0 Å². The van der Waals surface area contributed by atoms with Gasteiger partial charge in [-0.05, 0) is 45.0 Å². The van der Waals surface area contributed by atoms with Gasteiger partial charge in [0.15, 0.2) is 5.69 Å². The molecule has 1 amide bonds. The average molecular weight is 429 g/mol. The lowest BCUT2D eigenvalue weighted by molar-refractivity contribution is 0.0949. The first-order chi connectivity index (χ1) is 13.0. The summed E-state index contributed by atoms with van der Waals surface area (Å²) in [5, 5.41) is 13.9. The number of aromatic nitrogens is 3. The van der Waals surface area contributed by atoms with Crippen LogP contribution in [0.4, 0.5) is 0 Å². The Balaban J connectivity index is 0.00000280. The van der Waals surface area contributed by atoms with Crippen LogP contribution in [0.2, 0.25) is 0 Å². The number of benzene rings is 1. The topological polar surface area (TPSA) is 118 Å². The molecule has 1 aliphatic rings. The van der Waals surface area contributed by atoms with E-state index in [0.717, 1.165) is 31.5 Å². The molecule has 28 heavy (non-hydrogen) atoms. The first kappa shape index (κ1) is 22.3. The van der Waals surface area contributed by atoms with Crippen LogP contribution in [0.3, 0.4) is 0 Å². The van der Waals surface area contributed by atoms with Crippen LogP contribution in [0.1, 0.15) is 34.9 Å². The summed E-state index contributed by atoms with van der Waals surface area (Å²) in [6.07, 6.45) is 3.54. The lowest BCUT2D eigenvalue weighted by atomic mass is 10.1. The van der Waals surface area contributed by atoms with Crippen LogP contribution in [0.5, 0.6) is 0 Å². The number of nitrogens with zero attached hydrogens (tertiary/aromatic N) is 3. The molecule has 2 aromatic rings. The SMILES string of the molecule is Cc1ccc(S(=O)(=O)NCCNC(=O)c2cn(C3CCNCC3)nn2)cc1.Cl. The van der Waals surface area contributed by atoms with Crippen molar-refractivity contribution in [2.45, 2.75) is 30.7 Å². The van der Waals surface area contributed by atoms with Crippen LogP contribution in [-0.2, 0) is 10.0 Å². The number of carbonyl (C=O) groups is 1. The number of sulfonamides is 1. The van der Waals surface area contributed by atoms with Gasteiger partial charge in [0.1, 0.15) is 0 Å². The van der Waals surface area contributed by atoms with Crippen molar-refractivity contribution in [3.05, 3.63) is 41.7 Å². The fraction of sp³-hybridized carbons (Fsp3) is 0.471. The fourth-order valence-corrected chi connectivity index (χ4v) is 3.92. The third kappa shape index (κ3) is 5.74. The molecular formula is C17H25ClN6O3S.